The molecule has 3 aromatic rings. The smallest absolute Gasteiger partial charge is 0.231 e. The summed E-state index contributed by atoms with van der Waals surface area (Å²) in [6, 6.07) is 15.2. The minimum Gasteiger partial charge on any atom is -0.454 e. The van der Waals surface area contributed by atoms with Gasteiger partial charge in [0.25, 0.3) is 0 Å². The highest BCUT2D eigenvalue weighted by Crippen LogP contribution is 2.37. The highest BCUT2D eigenvalue weighted by Gasteiger charge is 2.20. The Morgan fingerprint density at radius 1 is 1.03 bits per heavy atom. The standard InChI is InChI=1S/C22H21ClN2O3S/c1-22(2,3)19-11-20(28-16-7-8-17-18(10-16)27-13-26-17)25-21(24-19)29-12-14-5-4-6-15(23)9-14/h4-11H,12-13H2,1-3H3. The Kier molecular flexibility index (Phi) is 5.56. The van der Waals surface area contributed by atoms with Crippen molar-refractivity contribution in [1.82, 2.24) is 9.97 Å². The van der Waals surface area contributed by atoms with Crippen molar-refractivity contribution in [3.63, 3.8) is 0 Å². The van der Waals surface area contributed by atoms with Crippen LogP contribution < -0.4 is 14.2 Å². The van der Waals surface area contributed by atoms with E-state index >= 15 is 0 Å². The third kappa shape index (κ3) is 4.95. The number of fused-ring (bicyclic) bond motifs is 1. The van der Waals surface area contributed by atoms with E-state index < -0.39 is 0 Å². The van der Waals surface area contributed by atoms with Crippen LogP contribution in [0.3, 0.4) is 0 Å². The summed E-state index contributed by atoms with van der Waals surface area (Å²) in [7, 11) is 0. The quantitative estimate of drug-likeness (QED) is 0.354. The molecule has 0 saturated heterocycles. The van der Waals surface area contributed by atoms with Gasteiger partial charge in [0.2, 0.25) is 12.7 Å². The molecular formula is C22H21ClN2O3S. The number of benzene rings is 2. The monoisotopic (exact) mass is 428 g/mol. The van der Waals surface area contributed by atoms with Crippen LogP contribution in [-0.4, -0.2) is 16.8 Å². The van der Waals surface area contributed by atoms with E-state index in [9.17, 15) is 0 Å². The van der Waals surface area contributed by atoms with Gasteiger partial charge >= 0.3 is 0 Å². The fourth-order valence-electron chi connectivity index (χ4n) is 2.74. The molecule has 0 radical (unpaired) electrons. The normalized spacial score (nSPS) is 12.8. The molecule has 0 bridgehead atoms. The summed E-state index contributed by atoms with van der Waals surface area (Å²) in [6.45, 7) is 6.58. The van der Waals surface area contributed by atoms with Gasteiger partial charge in [-0.15, -0.1) is 0 Å². The number of thioether (sulfide) groups is 1. The summed E-state index contributed by atoms with van der Waals surface area (Å²) >= 11 is 7.64. The van der Waals surface area contributed by atoms with Crippen molar-refractivity contribution in [2.45, 2.75) is 37.1 Å². The summed E-state index contributed by atoms with van der Waals surface area (Å²) in [4.78, 5) is 9.33. The molecule has 0 amide bonds. The lowest BCUT2D eigenvalue weighted by Gasteiger charge is -2.19. The van der Waals surface area contributed by atoms with Crippen molar-refractivity contribution < 1.29 is 14.2 Å². The fraction of sp³-hybridized carbons (Fsp3) is 0.273. The number of hydrogen-bond donors (Lipinski definition) is 0. The van der Waals surface area contributed by atoms with Crippen molar-refractivity contribution in [2.24, 2.45) is 0 Å². The second kappa shape index (κ2) is 8.13. The highest BCUT2D eigenvalue weighted by atomic mass is 35.5. The van der Waals surface area contributed by atoms with Crippen LogP contribution in [0.1, 0.15) is 32.0 Å². The summed E-state index contributed by atoms with van der Waals surface area (Å²) in [5, 5.41) is 1.38. The third-order valence-electron chi connectivity index (χ3n) is 4.27. The number of hydrogen-bond acceptors (Lipinski definition) is 6. The van der Waals surface area contributed by atoms with Crippen molar-refractivity contribution >= 4 is 23.4 Å². The van der Waals surface area contributed by atoms with Gasteiger partial charge in [-0.05, 0) is 29.8 Å². The minimum atomic E-state index is -0.138. The van der Waals surface area contributed by atoms with Crippen molar-refractivity contribution in [3.05, 3.63) is 64.8 Å². The molecule has 150 valence electrons. The Hall–Kier alpha value is -2.44. The molecule has 0 fully saturated rings. The first kappa shape index (κ1) is 19.9. The van der Waals surface area contributed by atoms with Crippen LogP contribution in [0.25, 0.3) is 0 Å². The van der Waals surface area contributed by atoms with Gasteiger partial charge in [-0.3, -0.25) is 0 Å². The van der Waals surface area contributed by atoms with Gasteiger partial charge in [0.05, 0.1) is 5.69 Å². The molecule has 5 nitrogen and oxygen atoms in total. The molecule has 0 N–H and O–H groups in total. The zero-order valence-electron chi connectivity index (χ0n) is 16.4. The van der Waals surface area contributed by atoms with Crippen LogP contribution in [0.4, 0.5) is 0 Å². The summed E-state index contributed by atoms with van der Waals surface area (Å²) in [5.41, 5.74) is 1.89. The second-order valence-electron chi connectivity index (χ2n) is 7.66. The average molecular weight is 429 g/mol. The summed E-state index contributed by atoms with van der Waals surface area (Å²) in [5.74, 6) is 3.24. The lowest BCUT2D eigenvalue weighted by Crippen LogP contribution is -2.14. The van der Waals surface area contributed by atoms with Crippen molar-refractivity contribution in [2.75, 3.05) is 6.79 Å². The molecule has 0 unspecified atom stereocenters. The Morgan fingerprint density at radius 2 is 1.86 bits per heavy atom. The Labute approximate surface area is 179 Å². The Bertz CT molecular complexity index is 1040. The molecule has 1 aromatic heterocycles. The van der Waals surface area contributed by atoms with Crippen molar-refractivity contribution in [1.29, 1.82) is 0 Å². The first-order valence-electron chi connectivity index (χ1n) is 9.21. The number of aromatic nitrogens is 2. The van der Waals surface area contributed by atoms with E-state index in [1.54, 1.807) is 17.8 Å². The van der Waals surface area contributed by atoms with Crippen LogP contribution in [0.15, 0.2) is 53.7 Å². The van der Waals surface area contributed by atoms with Gasteiger partial charge in [-0.1, -0.05) is 56.3 Å². The predicted octanol–water partition coefficient (Wildman–Crippen LogP) is 6.24. The minimum absolute atomic E-state index is 0.138. The molecule has 2 aromatic carbocycles. The van der Waals surface area contributed by atoms with E-state index in [0.29, 0.717) is 28.3 Å². The number of nitrogens with zero attached hydrogens (tertiary/aromatic N) is 2. The highest BCUT2D eigenvalue weighted by molar-refractivity contribution is 7.98. The average Bonchev–Trinajstić information content (AvgIpc) is 3.13. The van der Waals surface area contributed by atoms with E-state index in [-0.39, 0.29) is 12.2 Å². The van der Waals surface area contributed by atoms with Crippen molar-refractivity contribution in [3.8, 4) is 23.1 Å². The SMILES string of the molecule is CC(C)(C)c1cc(Oc2ccc3c(c2)OCO3)nc(SCc2cccc(Cl)c2)n1. The molecule has 1 aliphatic rings. The molecule has 0 saturated carbocycles. The van der Waals surface area contributed by atoms with E-state index in [0.717, 1.165) is 22.0 Å². The maximum Gasteiger partial charge on any atom is 0.231 e. The lowest BCUT2D eigenvalue weighted by atomic mass is 9.92. The molecule has 29 heavy (non-hydrogen) atoms. The fourth-order valence-corrected chi connectivity index (χ4v) is 3.75. The summed E-state index contributed by atoms with van der Waals surface area (Å²) < 4.78 is 16.8. The van der Waals surface area contributed by atoms with Crippen LogP contribution in [-0.2, 0) is 11.2 Å². The maximum atomic E-state index is 6.09. The predicted molar refractivity (Wildman–Crippen MR) is 114 cm³/mol. The van der Waals surface area contributed by atoms with E-state index in [1.165, 1.54) is 0 Å². The second-order valence-corrected chi connectivity index (χ2v) is 9.04. The molecule has 0 aliphatic carbocycles. The first-order chi connectivity index (χ1) is 13.9. The third-order valence-corrected chi connectivity index (χ3v) is 5.43. The molecular weight excluding hydrogens is 408 g/mol. The van der Waals surface area contributed by atoms with Crippen LogP contribution in [0.5, 0.6) is 23.1 Å². The summed E-state index contributed by atoms with van der Waals surface area (Å²) in [6.07, 6.45) is 0. The van der Waals surface area contributed by atoms with Gasteiger partial charge in [0.1, 0.15) is 5.75 Å². The van der Waals surface area contributed by atoms with E-state index in [1.807, 2.05) is 42.5 Å². The Morgan fingerprint density at radius 3 is 2.66 bits per heavy atom. The molecule has 2 heterocycles. The number of halogens is 1. The van der Waals surface area contributed by atoms with Crippen LogP contribution in [0.2, 0.25) is 5.02 Å². The number of ether oxygens (including phenoxy) is 3. The van der Waals surface area contributed by atoms with Crippen LogP contribution in [0, 0.1) is 0 Å². The van der Waals surface area contributed by atoms with Gasteiger partial charge in [0, 0.05) is 28.3 Å². The topological polar surface area (TPSA) is 53.5 Å². The van der Waals surface area contributed by atoms with Gasteiger partial charge < -0.3 is 14.2 Å². The van der Waals surface area contributed by atoms with E-state index in [2.05, 4.69) is 25.8 Å². The van der Waals surface area contributed by atoms with Gasteiger partial charge in [-0.2, -0.15) is 4.98 Å². The lowest BCUT2D eigenvalue weighted by molar-refractivity contribution is 0.174. The van der Waals surface area contributed by atoms with Gasteiger partial charge in [-0.25, -0.2) is 4.98 Å². The number of rotatable bonds is 5. The maximum absolute atomic E-state index is 6.09. The van der Waals surface area contributed by atoms with E-state index in [4.69, 9.17) is 30.8 Å². The molecule has 4 rings (SSSR count). The first-order valence-corrected chi connectivity index (χ1v) is 10.6. The Balaban J connectivity index is 1.58. The molecule has 0 spiro atoms. The van der Waals surface area contributed by atoms with Crippen LogP contribution >= 0.6 is 23.4 Å². The largest absolute Gasteiger partial charge is 0.454 e. The molecule has 0 atom stereocenters. The van der Waals surface area contributed by atoms with Gasteiger partial charge in [0.15, 0.2) is 16.7 Å². The zero-order valence-corrected chi connectivity index (χ0v) is 18.0. The molecule has 1 aliphatic heterocycles. The molecule has 7 heteroatoms. The zero-order chi connectivity index (χ0) is 20.4.